The summed E-state index contributed by atoms with van der Waals surface area (Å²) in [4.78, 5) is 0. The number of hydrogen-bond donors (Lipinski definition) is 1. The molecule has 2 rings (SSSR count). The van der Waals surface area contributed by atoms with Crippen LogP contribution in [0.2, 0.25) is 5.02 Å². The van der Waals surface area contributed by atoms with Gasteiger partial charge in [-0.1, -0.05) is 24.4 Å². The Labute approximate surface area is 125 Å². The van der Waals surface area contributed by atoms with Crippen LogP contribution in [-0.4, -0.2) is 33.1 Å². The van der Waals surface area contributed by atoms with Gasteiger partial charge in [0.05, 0.1) is 11.4 Å². The molecule has 1 fully saturated rings. The predicted octanol–water partition coefficient (Wildman–Crippen LogP) is 3.12. The first-order valence-corrected chi connectivity index (χ1v) is 9.24. The average Bonchev–Trinajstić information content (AvgIpc) is 2.83. The second-order valence-electron chi connectivity index (χ2n) is 5.24. The molecule has 0 atom stereocenters. The Morgan fingerprint density at radius 3 is 2.70 bits per heavy atom. The zero-order chi connectivity index (χ0) is 14.6. The van der Waals surface area contributed by atoms with E-state index in [2.05, 4.69) is 5.32 Å². The molecule has 1 aliphatic rings. The van der Waals surface area contributed by atoms with Gasteiger partial charge in [-0.05, 0) is 31.0 Å². The van der Waals surface area contributed by atoms with E-state index in [0.29, 0.717) is 16.8 Å². The quantitative estimate of drug-likeness (QED) is 0.876. The number of nitrogens with one attached hydrogen (secondary N) is 1. The van der Waals surface area contributed by atoms with E-state index in [1.165, 1.54) is 19.1 Å². The lowest BCUT2D eigenvalue weighted by atomic mass is 10.2. The van der Waals surface area contributed by atoms with E-state index in [9.17, 15) is 8.42 Å². The Bertz CT molecular complexity index is 554. The fourth-order valence-electron chi connectivity index (χ4n) is 2.33. The van der Waals surface area contributed by atoms with E-state index in [4.69, 9.17) is 16.3 Å². The Kier molecular flexibility index (Phi) is 5.16. The maximum atomic E-state index is 11.1. The zero-order valence-corrected chi connectivity index (χ0v) is 13.1. The minimum Gasteiger partial charge on any atom is -0.490 e. The van der Waals surface area contributed by atoms with Gasteiger partial charge in [-0.2, -0.15) is 0 Å². The van der Waals surface area contributed by atoms with Crippen molar-refractivity contribution in [3.63, 3.8) is 0 Å². The Balaban J connectivity index is 2.02. The maximum absolute atomic E-state index is 11.1. The van der Waals surface area contributed by atoms with E-state index in [1.54, 1.807) is 12.1 Å². The molecule has 20 heavy (non-hydrogen) atoms. The van der Waals surface area contributed by atoms with Gasteiger partial charge >= 0.3 is 0 Å². The summed E-state index contributed by atoms with van der Waals surface area (Å²) in [6.07, 6.45) is 5.98. The molecule has 0 radical (unpaired) electrons. The van der Waals surface area contributed by atoms with Gasteiger partial charge < -0.3 is 10.1 Å². The van der Waals surface area contributed by atoms with Crippen molar-refractivity contribution in [2.24, 2.45) is 0 Å². The lowest BCUT2D eigenvalue weighted by Gasteiger charge is -2.17. The number of sulfone groups is 1. The molecule has 0 bridgehead atoms. The first-order valence-electron chi connectivity index (χ1n) is 6.81. The molecular formula is C14H20ClNO3S. The van der Waals surface area contributed by atoms with Crippen molar-refractivity contribution < 1.29 is 13.2 Å². The molecule has 1 N–H and O–H groups in total. The van der Waals surface area contributed by atoms with E-state index in [0.717, 1.165) is 18.5 Å². The van der Waals surface area contributed by atoms with Crippen molar-refractivity contribution in [3.8, 4) is 5.75 Å². The van der Waals surface area contributed by atoms with Crippen molar-refractivity contribution in [2.75, 3.05) is 23.9 Å². The average molecular weight is 318 g/mol. The summed E-state index contributed by atoms with van der Waals surface area (Å²) in [5.74, 6) is 0.670. The second-order valence-corrected chi connectivity index (χ2v) is 7.94. The van der Waals surface area contributed by atoms with Gasteiger partial charge in [0.25, 0.3) is 0 Å². The summed E-state index contributed by atoms with van der Waals surface area (Å²) in [6.45, 7) is 0.153. The van der Waals surface area contributed by atoms with Crippen LogP contribution in [0.4, 0.5) is 5.69 Å². The summed E-state index contributed by atoms with van der Waals surface area (Å²) in [7, 11) is -3.01. The van der Waals surface area contributed by atoms with Crippen molar-refractivity contribution in [1.82, 2.24) is 0 Å². The molecule has 1 aromatic rings. The van der Waals surface area contributed by atoms with Crippen molar-refractivity contribution >= 4 is 27.1 Å². The fraction of sp³-hybridized carbons (Fsp3) is 0.571. The van der Waals surface area contributed by atoms with Crippen molar-refractivity contribution in [3.05, 3.63) is 23.2 Å². The monoisotopic (exact) mass is 317 g/mol. The van der Waals surface area contributed by atoms with Gasteiger partial charge in [-0.25, -0.2) is 8.42 Å². The number of ether oxygens (including phenoxy) is 1. The molecule has 1 aromatic carbocycles. The smallest absolute Gasteiger partial charge is 0.150 e. The minimum atomic E-state index is -3.01. The van der Waals surface area contributed by atoms with Gasteiger partial charge in [0.2, 0.25) is 0 Å². The number of halogens is 1. The highest BCUT2D eigenvalue weighted by atomic mass is 35.5. The van der Waals surface area contributed by atoms with E-state index in [1.807, 2.05) is 6.07 Å². The predicted molar refractivity (Wildman–Crippen MR) is 82.5 cm³/mol. The summed E-state index contributed by atoms with van der Waals surface area (Å²) in [5.41, 5.74) is 0.845. The standard InChI is InChI=1S/C14H20ClNO3S/c1-20(17,18)9-8-19-14-7-6-11(15)10-13(14)16-12-4-2-3-5-12/h6-7,10,12,16H,2-5,8-9H2,1H3. The number of anilines is 1. The van der Waals surface area contributed by atoms with Gasteiger partial charge in [0, 0.05) is 17.3 Å². The first kappa shape index (κ1) is 15.4. The van der Waals surface area contributed by atoms with Crippen LogP contribution in [0.25, 0.3) is 0 Å². The van der Waals surface area contributed by atoms with Crippen molar-refractivity contribution in [1.29, 1.82) is 0 Å². The molecule has 0 unspecified atom stereocenters. The largest absolute Gasteiger partial charge is 0.490 e. The molecule has 1 saturated carbocycles. The van der Waals surface area contributed by atoms with Crippen LogP contribution >= 0.6 is 11.6 Å². The number of hydrogen-bond acceptors (Lipinski definition) is 4. The lowest BCUT2D eigenvalue weighted by Crippen LogP contribution is -2.17. The van der Waals surface area contributed by atoms with Crippen LogP contribution in [0.15, 0.2) is 18.2 Å². The topological polar surface area (TPSA) is 55.4 Å². The lowest BCUT2D eigenvalue weighted by molar-refractivity contribution is 0.342. The van der Waals surface area contributed by atoms with Crippen LogP contribution in [0.1, 0.15) is 25.7 Å². The molecular weight excluding hydrogens is 298 g/mol. The molecule has 0 saturated heterocycles. The molecule has 112 valence electrons. The maximum Gasteiger partial charge on any atom is 0.150 e. The summed E-state index contributed by atoms with van der Waals surface area (Å²) in [5, 5.41) is 4.08. The minimum absolute atomic E-state index is 0.0124. The van der Waals surface area contributed by atoms with E-state index in [-0.39, 0.29) is 12.4 Å². The van der Waals surface area contributed by atoms with Crippen LogP contribution in [0, 0.1) is 0 Å². The summed E-state index contributed by atoms with van der Waals surface area (Å²) in [6, 6.07) is 5.81. The van der Waals surface area contributed by atoms with Crippen LogP contribution in [0.5, 0.6) is 5.75 Å². The Hall–Kier alpha value is -0.940. The molecule has 4 nitrogen and oxygen atoms in total. The van der Waals surface area contributed by atoms with Gasteiger partial charge in [-0.15, -0.1) is 0 Å². The highest BCUT2D eigenvalue weighted by Crippen LogP contribution is 2.31. The zero-order valence-electron chi connectivity index (χ0n) is 11.6. The summed E-state index contributed by atoms with van der Waals surface area (Å²) < 4.78 is 27.8. The molecule has 6 heteroatoms. The molecule has 1 aliphatic carbocycles. The molecule has 0 heterocycles. The summed E-state index contributed by atoms with van der Waals surface area (Å²) >= 11 is 6.02. The first-order chi connectivity index (χ1) is 9.44. The van der Waals surface area contributed by atoms with Gasteiger partial charge in [0.15, 0.2) is 9.84 Å². The van der Waals surface area contributed by atoms with Crippen LogP contribution in [0.3, 0.4) is 0 Å². The fourth-order valence-corrected chi connectivity index (χ4v) is 2.89. The van der Waals surface area contributed by atoms with Gasteiger partial charge in [-0.3, -0.25) is 0 Å². The third-order valence-electron chi connectivity index (χ3n) is 3.37. The molecule has 0 amide bonds. The third-order valence-corrected chi connectivity index (χ3v) is 4.51. The van der Waals surface area contributed by atoms with Crippen molar-refractivity contribution in [2.45, 2.75) is 31.7 Å². The molecule has 0 aliphatic heterocycles. The van der Waals surface area contributed by atoms with E-state index >= 15 is 0 Å². The van der Waals surface area contributed by atoms with Gasteiger partial charge in [0.1, 0.15) is 12.4 Å². The molecule has 0 spiro atoms. The normalized spacial score (nSPS) is 16.3. The number of benzene rings is 1. The van der Waals surface area contributed by atoms with E-state index < -0.39 is 9.84 Å². The Morgan fingerprint density at radius 2 is 2.05 bits per heavy atom. The van der Waals surface area contributed by atoms with Crippen LogP contribution < -0.4 is 10.1 Å². The molecule has 0 aromatic heterocycles. The SMILES string of the molecule is CS(=O)(=O)CCOc1ccc(Cl)cc1NC1CCCC1. The Morgan fingerprint density at radius 1 is 1.35 bits per heavy atom. The highest BCUT2D eigenvalue weighted by molar-refractivity contribution is 7.90. The highest BCUT2D eigenvalue weighted by Gasteiger charge is 2.16. The number of rotatable bonds is 6. The second kappa shape index (κ2) is 6.68. The third kappa shape index (κ3) is 4.87. The van der Waals surface area contributed by atoms with Crippen LogP contribution in [-0.2, 0) is 9.84 Å².